The number of benzene rings is 1. The van der Waals surface area contributed by atoms with Crippen molar-refractivity contribution in [1.82, 2.24) is 4.37 Å². The van der Waals surface area contributed by atoms with Crippen LogP contribution in [-0.4, -0.2) is 16.9 Å². The molecule has 0 spiro atoms. The summed E-state index contributed by atoms with van der Waals surface area (Å²) in [5.74, 6) is -0.477. The number of esters is 1. The zero-order valence-electron chi connectivity index (χ0n) is 10.4. The van der Waals surface area contributed by atoms with Gasteiger partial charge in [-0.1, -0.05) is 47.5 Å². The maximum atomic E-state index is 12.1. The van der Waals surface area contributed by atoms with Gasteiger partial charge in [-0.05, 0) is 23.8 Å². The largest absolute Gasteiger partial charge is 0.462 e. The summed E-state index contributed by atoms with van der Waals surface area (Å²) in [5, 5.41) is 2.51. The third-order valence-corrected chi connectivity index (χ3v) is 4.76. The summed E-state index contributed by atoms with van der Waals surface area (Å²) in [6.45, 7) is 2.03. The lowest BCUT2D eigenvalue weighted by atomic mass is 10.1. The standard InChI is InChI=1S/C14H9Cl2NO2S/c1-2-19-14(18)10-9-7-5-3-4-6-8(7)11(15)12(9)20-17-13(10)16/h3-6H,2H2,1H3. The zero-order valence-corrected chi connectivity index (χ0v) is 12.8. The number of nitrogens with zero attached hydrogens (tertiary/aromatic N) is 1. The van der Waals surface area contributed by atoms with Gasteiger partial charge < -0.3 is 4.74 Å². The molecule has 0 fully saturated rings. The average Bonchev–Trinajstić information content (AvgIpc) is 2.73. The second-order valence-corrected chi connectivity index (χ2v) is 5.64. The van der Waals surface area contributed by atoms with Crippen LogP contribution in [0.15, 0.2) is 24.3 Å². The van der Waals surface area contributed by atoms with Crippen molar-refractivity contribution in [3.05, 3.63) is 40.0 Å². The molecule has 2 aliphatic rings. The van der Waals surface area contributed by atoms with Gasteiger partial charge >= 0.3 is 5.97 Å². The van der Waals surface area contributed by atoms with Gasteiger partial charge in [0, 0.05) is 10.9 Å². The van der Waals surface area contributed by atoms with E-state index in [1.54, 1.807) is 6.92 Å². The van der Waals surface area contributed by atoms with Gasteiger partial charge in [-0.3, -0.25) is 0 Å². The normalized spacial score (nSPS) is 11.2. The van der Waals surface area contributed by atoms with Crippen LogP contribution < -0.4 is 0 Å². The monoisotopic (exact) mass is 325 g/mol. The van der Waals surface area contributed by atoms with Gasteiger partial charge in [0.05, 0.1) is 16.5 Å². The molecule has 0 amide bonds. The van der Waals surface area contributed by atoms with Crippen LogP contribution in [0.3, 0.4) is 0 Å². The minimum atomic E-state index is -0.477. The summed E-state index contributed by atoms with van der Waals surface area (Å²) in [6.07, 6.45) is 0. The molecule has 3 rings (SSSR count). The number of hydrogen-bond donors (Lipinski definition) is 0. The molecule has 0 N–H and O–H groups in total. The van der Waals surface area contributed by atoms with E-state index in [1.165, 1.54) is 11.5 Å². The van der Waals surface area contributed by atoms with Crippen molar-refractivity contribution >= 4 is 51.5 Å². The Morgan fingerprint density at radius 3 is 2.70 bits per heavy atom. The molecule has 3 nitrogen and oxygen atoms in total. The smallest absolute Gasteiger partial charge is 0.342 e. The SMILES string of the molecule is CCOC(=O)c1c(Cl)nsc2c(Cl)c3ccccc3c1-2. The van der Waals surface area contributed by atoms with Crippen LogP contribution in [0.5, 0.6) is 0 Å². The summed E-state index contributed by atoms with van der Waals surface area (Å²) < 4.78 is 9.16. The molecule has 1 heterocycles. The first-order chi connectivity index (χ1) is 9.65. The lowest BCUT2D eigenvalue weighted by molar-refractivity contribution is 0.0527. The van der Waals surface area contributed by atoms with Crippen molar-refractivity contribution in [3.8, 4) is 10.4 Å². The fourth-order valence-electron chi connectivity index (χ4n) is 2.20. The van der Waals surface area contributed by atoms with E-state index in [0.717, 1.165) is 15.6 Å². The van der Waals surface area contributed by atoms with Crippen LogP contribution >= 0.6 is 34.7 Å². The molecule has 0 bridgehead atoms. The highest BCUT2D eigenvalue weighted by molar-refractivity contribution is 7.10. The van der Waals surface area contributed by atoms with Gasteiger partial charge in [-0.2, -0.15) is 4.37 Å². The van der Waals surface area contributed by atoms with Gasteiger partial charge in [0.15, 0.2) is 5.15 Å². The summed E-state index contributed by atoms with van der Waals surface area (Å²) in [4.78, 5) is 12.9. The third kappa shape index (κ3) is 1.95. The summed E-state index contributed by atoms with van der Waals surface area (Å²) in [7, 11) is 0. The molecule has 0 radical (unpaired) electrons. The van der Waals surface area contributed by atoms with E-state index in [4.69, 9.17) is 27.9 Å². The molecule has 102 valence electrons. The topological polar surface area (TPSA) is 39.2 Å². The van der Waals surface area contributed by atoms with Crippen molar-refractivity contribution < 1.29 is 9.53 Å². The summed E-state index contributed by atoms with van der Waals surface area (Å²) >= 11 is 13.7. The predicted octanol–water partition coefficient (Wildman–Crippen LogP) is 4.88. The Morgan fingerprint density at radius 2 is 2.00 bits per heavy atom. The van der Waals surface area contributed by atoms with Gasteiger partial charge in [-0.15, -0.1) is 0 Å². The highest BCUT2D eigenvalue weighted by Gasteiger charge is 2.27. The lowest BCUT2D eigenvalue weighted by Gasteiger charge is -2.08. The Balaban J connectivity index is 2.42. The molecule has 1 aromatic carbocycles. The fourth-order valence-corrected chi connectivity index (χ4v) is 3.60. The van der Waals surface area contributed by atoms with E-state index < -0.39 is 5.97 Å². The molecule has 1 aromatic rings. The maximum absolute atomic E-state index is 12.1. The lowest BCUT2D eigenvalue weighted by Crippen LogP contribution is -2.07. The molecule has 0 saturated heterocycles. The van der Waals surface area contributed by atoms with Gasteiger partial charge in [0.1, 0.15) is 5.56 Å². The third-order valence-electron chi connectivity index (χ3n) is 3.01. The summed E-state index contributed by atoms with van der Waals surface area (Å²) in [6, 6.07) is 7.62. The highest BCUT2D eigenvalue weighted by Crippen LogP contribution is 2.47. The minimum Gasteiger partial charge on any atom is -0.462 e. The number of ether oxygens (including phenoxy) is 1. The van der Waals surface area contributed by atoms with E-state index in [-0.39, 0.29) is 17.3 Å². The van der Waals surface area contributed by atoms with E-state index >= 15 is 0 Å². The first kappa shape index (κ1) is 13.6. The van der Waals surface area contributed by atoms with Crippen molar-refractivity contribution in [2.24, 2.45) is 0 Å². The average molecular weight is 326 g/mol. The Bertz CT molecular complexity index is 784. The molecule has 1 aliphatic carbocycles. The van der Waals surface area contributed by atoms with E-state index in [0.29, 0.717) is 10.6 Å². The van der Waals surface area contributed by atoms with Crippen molar-refractivity contribution in [2.75, 3.05) is 6.61 Å². The molecular formula is C14H9Cl2NO2S. The van der Waals surface area contributed by atoms with Crippen LogP contribution in [-0.2, 0) is 4.74 Å². The summed E-state index contributed by atoms with van der Waals surface area (Å²) in [5.41, 5.74) is 0.999. The van der Waals surface area contributed by atoms with Crippen molar-refractivity contribution in [1.29, 1.82) is 0 Å². The second kappa shape index (κ2) is 5.20. The molecule has 0 unspecified atom stereocenters. The number of hydrogen-bond acceptors (Lipinski definition) is 4. The number of carbonyl (C=O) groups excluding carboxylic acids is 1. The molecule has 1 aliphatic heterocycles. The van der Waals surface area contributed by atoms with Crippen LogP contribution in [0.2, 0.25) is 10.2 Å². The number of carbonyl (C=O) groups is 1. The van der Waals surface area contributed by atoms with Crippen molar-refractivity contribution in [3.63, 3.8) is 0 Å². The van der Waals surface area contributed by atoms with Crippen molar-refractivity contribution in [2.45, 2.75) is 6.92 Å². The molecule has 0 atom stereocenters. The van der Waals surface area contributed by atoms with Gasteiger partial charge in [-0.25, -0.2) is 4.79 Å². The molecular weight excluding hydrogens is 317 g/mol. The molecule has 0 saturated carbocycles. The molecule has 20 heavy (non-hydrogen) atoms. The van der Waals surface area contributed by atoms with Crippen LogP contribution in [0.25, 0.3) is 21.2 Å². The van der Waals surface area contributed by atoms with E-state index in [1.807, 2.05) is 24.3 Å². The van der Waals surface area contributed by atoms with Gasteiger partial charge in [0.25, 0.3) is 0 Å². The number of aromatic nitrogens is 1. The molecule has 6 heteroatoms. The van der Waals surface area contributed by atoms with Crippen LogP contribution in [0.1, 0.15) is 17.3 Å². The number of halogens is 2. The molecule has 0 aromatic heterocycles. The Labute approximate surface area is 129 Å². The van der Waals surface area contributed by atoms with E-state index in [2.05, 4.69) is 4.37 Å². The minimum absolute atomic E-state index is 0.147. The number of fused-ring (bicyclic) bond motifs is 3. The second-order valence-electron chi connectivity index (χ2n) is 4.13. The van der Waals surface area contributed by atoms with Crippen LogP contribution in [0, 0.1) is 0 Å². The Kier molecular flexibility index (Phi) is 3.54. The van der Waals surface area contributed by atoms with Crippen LogP contribution in [0.4, 0.5) is 0 Å². The number of rotatable bonds is 2. The quantitative estimate of drug-likeness (QED) is 0.630. The fraction of sp³-hybridized carbons (Fsp3) is 0.143. The maximum Gasteiger partial charge on any atom is 0.342 e. The van der Waals surface area contributed by atoms with Gasteiger partial charge in [0.2, 0.25) is 0 Å². The first-order valence-electron chi connectivity index (χ1n) is 5.97. The van der Waals surface area contributed by atoms with E-state index in [9.17, 15) is 4.79 Å². The zero-order chi connectivity index (χ0) is 14.3. The first-order valence-corrected chi connectivity index (χ1v) is 7.50. The predicted molar refractivity (Wildman–Crippen MR) is 82.2 cm³/mol. The Morgan fingerprint density at radius 1 is 1.30 bits per heavy atom. The highest BCUT2D eigenvalue weighted by atomic mass is 35.5. The Hall–Kier alpha value is -1.36.